The first-order valence-corrected chi connectivity index (χ1v) is 12.1. The Morgan fingerprint density at radius 2 is 1.68 bits per heavy atom. The van der Waals surface area contributed by atoms with Crippen molar-refractivity contribution >= 4 is 22.5 Å². The monoisotopic (exact) mass is 499 g/mol. The number of rotatable bonds is 9. The highest BCUT2D eigenvalue weighted by molar-refractivity contribution is 6.03. The number of oxime groups is 1. The Morgan fingerprint density at radius 3 is 2.32 bits per heavy atom. The lowest BCUT2D eigenvalue weighted by molar-refractivity contribution is 0.0965. The van der Waals surface area contributed by atoms with Crippen LogP contribution in [0.25, 0.3) is 22.0 Å². The number of ether oxygens (including phenoxy) is 2. The molecule has 0 aliphatic rings. The fourth-order valence-corrected chi connectivity index (χ4v) is 4.26. The molecule has 0 saturated heterocycles. The van der Waals surface area contributed by atoms with E-state index in [1.165, 1.54) is 0 Å². The van der Waals surface area contributed by atoms with Crippen LogP contribution in [-0.2, 0) is 4.84 Å². The summed E-state index contributed by atoms with van der Waals surface area (Å²) < 4.78 is 13.1. The van der Waals surface area contributed by atoms with Gasteiger partial charge in [-0.2, -0.15) is 0 Å². The van der Waals surface area contributed by atoms with Gasteiger partial charge in [-0.25, -0.2) is 0 Å². The van der Waals surface area contributed by atoms with Gasteiger partial charge in [0, 0.05) is 29.8 Å². The number of hydrogen-bond acceptors (Lipinski definition) is 6. The molecule has 0 radical (unpaired) electrons. The summed E-state index contributed by atoms with van der Waals surface area (Å²) in [6, 6.07) is 19.6. The summed E-state index contributed by atoms with van der Waals surface area (Å²) in [5, 5.41) is 4.92. The predicted octanol–water partition coefficient (Wildman–Crippen LogP) is 5.62. The smallest absolute Gasteiger partial charge is 0.262 e. The molecular formula is C30H33N3O4. The highest BCUT2D eigenvalue weighted by Crippen LogP contribution is 2.33. The van der Waals surface area contributed by atoms with Crippen LogP contribution in [0, 0.1) is 6.92 Å². The van der Waals surface area contributed by atoms with Crippen molar-refractivity contribution < 1.29 is 19.1 Å². The van der Waals surface area contributed by atoms with E-state index in [4.69, 9.17) is 14.3 Å². The standard InChI is InChI=1S/C30H33N3O4/c1-20-17-24(21(2)31-36-6)11-12-26(20)22-7-9-23(10-8-22)30(34)33-14-13-25-18-28(35-5)29(19-27(25)33)37-16-15-32(3)4/h7-14,17-19H,15-16H2,1-6H3/b31-21+. The summed E-state index contributed by atoms with van der Waals surface area (Å²) in [7, 11) is 7.15. The molecule has 1 heterocycles. The van der Waals surface area contributed by atoms with Gasteiger partial charge >= 0.3 is 0 Å². The van der Waals surface area contributed by atoms with Crippen molar-refractivity contribution in [3.63, 3.8) is 0 Å². The molecule has 0 amide bonds. The van der Waals surface area contributed by atoms with Crippen LogP contribution in [0.2, 0.25) is 0 Å². The summed E-state index contributed by atoms with van der Waals surface area (Å²) in [6.07, 6.45) is 1.79. The van der Waals surface area contributed by atoms with E-state index in [1.807, 2.05) is 74.4 Å². The predicted molar refractivity (Wildman–Crippen MR) is 148 cm³/mol. The molecule has 192 valence electrons. The van der Waals surface area contributed by atoms with Gasteiger partial charge in [-0.15, -0.1) is 0 Å². The van der Waals surface area contributed by atoms with Crippen molar-refractivity contribution in [1.29, 1.82) is 0 Å². The van der Waals surface area contributed by atoms with Crippen molar-refractivity contribution in [3.8, 4) is 22.6 Å². The van der Waals surface area contributed by atoms with Gasteiger partial charge in [-0.1, -0.05) is 29.4 Å². The maximum absolute atomic E-state index is 13.4. The molecule has 7 heteroatoms. The first kappa shape index (κ1) is 26.0. The number of likely N-dealkylation sites (N-methyl/N-ethyl adjacent to an activating group) is 1. The van der Waals surface area contributed by atoms with E-state index >= 15 is 0 Å². The molecule has 0 aliphatic heterocycles. The Kier molecular flexibility index (Phi) is 7.94. The lowest BCUT2D eigenvalue weighted by Crippen LogP contribution is -2.19. The largest absolute Gasteiger partial charge is 0.493 e. The zero-order chi connectivity index (χ0) is 26.5. The Bertz CT molecular complexity index is 1440. The number of carbonyl (C=O) groups excluding carboxylic acids is 1. The summed E-state index contributed by atoms with van der Waals surface area (Å²) in [5.41, 5.74) is 6.47. The molecule has 0 atom stereocenters. The van der Waals surface area contributed by atoms with Crippen LogP contribution in [0.15, 0.2) is 72.0 Å². The third kappa shape index (κ3) is 5.67. The maximum Gasteiger partial charge on any atom is 0.262 e. The van der Waals surface area contributed by atoms with Crippen molar-refractivity contribution in [2.24, 2.45) is 5.16 Å². The molecule has 37 heavy (non-hydrogen) atoms. The van der Waals surface area contributed by atoms with Crippen LogP contribution in [0.5, 0.6) is 11.5 Å². The maximum atomic E-state index is 13.4. The normalized spacial score (nSPS) is 11.7. The summed E-state index contributed by atoms with van der Waals surface area (Å²) >= 11 is 0. The van der Waals surface area contributed by atoms with Gasteiger partial charge in [-0.05, 0) is 80.5 Å². The zero-order valence-electron chi connectivity index (χ0n) is 22.2. The quantitative estimate of drug-likeness (QED) is 0.221. The van der Waals surface area contributed by atoms with Gasteiger partial charge in [0.25, 0.3) is 5.91 Å². The van der Waals surface area contributed by atoms with Crippen molar-refractivity contribution in [2.75, 3.05) is 41.5 Å². The molecule has 0 unspecified atom stereocenters. The van der Waals surface area contributed by atoms with E-state index < -0.39 is 0 Å². The first-order chi connectivity index (χ1) is 17.8. The highest BCUT2D eigenvalue weighted by Gasteiger charge is 2.16. The van der Waals surface area contributed by atoms with Gasteiger partial charge in [0.1, 0.15) is 13.7 Å². The molecule has 0 spiro atoms. The number of benzene rings is 3. The number of aromatic nitrogens is 1. The van der Waals surface area contributed by atoms with Gasteiger partial charge < -0.3 is 19.2 Å². The molecule has 4 aromatic rings. The molecular weight excluding hydrogens is 466 g/mol. The third-order valence-electron chi connectivity index (χ3n) is 6.31. The van der Waals surface area contributed by atoms with Gasteiger partial charge in [0.2, 0.25) is 0 Å². The van der Waals surface area contributed by atoms with E-state index in [-0.39, 0.29) is 5.91 Å². The fourth-order valence-electron chi connectivity index (χ4n) is 4.26. The van der Waals surface area contributed by atoms with E-state index in [1.54, 1.807) is 25.0 Å². The average molecular weight is 500 g/mol. The summed E-state index contributed by atoms with van der Waals surface area (Å²) in [4.78, 5) is 20.4. The minimum absolute atomic E-state index is 0.107. The van der Waals surface area contributed by atoms with Crippen molar-refractivity contribution in [3.05, 3.63) is 83.6 Å². The average Bonchev–Trinajstić information content (AvgIpc) is 3.30. The number of nitrogens with zero attached hydrogens (tertiary/aromatic N) is 3. The fraction of sp³-hybridized carbons (Fsp3) is 0.267. The molecule has 0 bridgehead atoms. The van der Waals surface area contributed by atoms with Crippen LogP contribution in [0.3, 0.4) is 0 Å². The summed E-state index contributed by atoms with van der Waals surface area (Å²) in [5.74, 6) is 1.15. The second-order valence-electron chi connectivity index (χ2n) is 9.17. The van der Waals surface area contributed by atoms with Crippen LogP contribution < -0.4 is 9.47 Å². The minimum atomic E-state index is -0.107. The molecule has 0 fully saturated rings. The summed E-state index contributed by atoms with van der Waals surface area (Å²) in [6.45, 7) is 5.27. The second kappa shape index (κ2) is 11.3. The van der Waals surface area contributed by atoms with Gasteiger partial charge in [-0.3, -0.25) is 9.36 Å². The number of methoxy groups -OCH3 is 1. The Hall–Kier alpha value is -4.10. The van der Waals surface area contributed by atoms with E-state index in [2.05, 4.69) is 24.2 Å². The van der Waals surface area contributed by atoms with Crippen LogP contribution in [0.1, 0.15) is 28.4 Å². The Morgan fingerprint density at radius 1 is 0.946 bits per heavy atom. The topological polar surface area (TPSA) is 65.3 Å². The highest BCUT2D eigenvalue weighted by atomic mass is 16.6. The first-order valence-electron chi connectivity index (χ1n) is 12.1. The third-order valence-corrected chi connectivity index (χ3v) is 6.31. The second-order valence-corrected chi connectivity index (χ2v) is 9.17. The molecule has 0 N–H and O–H groups in total. The molecule has 0 saturated carbocycles. The number of carbonyl (C=O) groups is 1. The number of aryl methyl sites for hydroxylation is 1. The van der Waals surface area contributed by atoms with Crippen LogP contribution >= 0.6 is 0 Å². The van der Waals surface area contributed by atoms with Gasteiger partial charge in [0.15, 0.2) is 11.5 Å². The lowest BCUT2D eigenvalue weighted by Gasteiger charge is -2.14. The van der Waals surface area contributed by atoms with E-state index in [0.29, 0.717) is 23.7 Å². The molecule has 3 aromatic carbocycles. The molecule has 7 nitrogen and oxygen atoms in total. The Labute approximate surface area is 217 Å². The van der Waals surface area contributed by atoms with Crippen molar-refractivity contribution in [2.45, 2.75) is 13.8 Å². The number of fused-ring (bicyclic) bond motifs is 1. The lowest BCUT2D eigenvalue weighted by atomic mass is 9.96. The Balaban J connectivity index is 1.60. The molecule has 1 aromatic heterocycles. The minimum Gasteiger partial charge on any atom is -0.493 e. The van der Waals surface area contributed by atoms with Crippen molar-refractivity contribution in [1.82, 2.24) is 9.47 Å². The molecule has 0 aliphatic carbocycles. The van der Waals surface area contributed by atoms with E-state index in [9.17, 15) is 4.79 Å². The molecule has 4 rings (SSSR count). The number of hydrogen-bond donors (Lipinski definition) is 0. The van der Waals surface area contributed by atoms with Gasteiger partial charge in [0.05, 0.1) is 18.3 Å². The SMILES string of the molecule is CO/N=C(\C)c1ccc(-c2ccc(C(=O)n3ccc4cc(OC)c(OCCN(C)C)cc43)cc2)c(C)c1. The van der Waals surface area contributed by atoms with E-state index in [0.717, 1.165) is 45.4 Å². The van der Waals surface area contributed by atoms with Crippen LogP contribution in [0.4, 0.5) is 0 Å². The zero-order valence-corrected chi connectivity index (χ0v) is 22.2. The van der Waals surface area contributed by atoms with Crippen LogP contribution in [-0.4, -0.2) is 62.6 Å².